The van der Waals surface area contributed by atoms with Gasteiger partial charge in [-0.1, -0.05) is 37.5 Å². The summed E-state index contributed by atoms with van der Waals surface area (Å²) in [6, 6.07) is 5.44. The summed E-state index contributed by atoms with van der Waals surface area (Å²) in [7, 11) is -3.46. The van der Waals surface area contributed by atoms with Crippen LogP contribution in [0.25, 0.3) is 0 Å². The molecule has 0 aromatic heterocycles. The topological polar surface area (TPSA) is 70.9 Å². The van der Waals surface area contributed by atoms with E-state index in [-0.39, 0.29) is 5.91 Å². The first-order valence-corrected chi connectivity index (χ1v) is 11.0. The molecule has 0 atom stereocenters. The van der Waals surface area contributed by atoms with Crippen molar-refractivity contribution in [1.29, 1.82) is 0 Å². The molecule has 0 radical (unpaired) electrons. The van der Waals surface area contributed by atoms with E-state index in [1.807, 2.05) is 26.0 Å². The number of aryl methyl sites for hydroxylation is 2. The fourth-order valence-electron chi connectivity index (χ4n) is 3.34. The molecular formula is C19H32N3O3S+. The second kappa shape index (κ2) is 9.48. The minimum absolute atomic E-state index is 0.0572. The van der Waals surface area contributed by atoms with Crippen molar-refractivity contribution in [2.75, 3.05) is 39.3 Å². The van der Waals surface area contributed by atoms with Crippen LogP contribution in [0.15, 0.2) is 23.1 Å². The number of hydrogen-bond donors (Lipinski definition) is 2. The van der Waals surface area contributed by atoms with Crippen molar-refractivity contribution in [3.63, 3.8) is 0 Å². The van der Waals surface area contributed by atoms with Gasteiger partial charge in [0.1, 0.15) is 0 Å². The Morgan fingerprint density at radius 1 is 1.19 bits per heavy atom. The lowest BCUT2D eigenvalue weighted by Crippen LogP contribution is -3.15. The Labute approximate surface area is 157 Å². The zero-order valence-electron chi connectivity index (χ0n) is 16.2. The molecule has 1 fully saturated rings. The number of carbonyl (C=O) groups excluding carboxylic acids is 1. The van der Waals surface area contributed by atoms with Gasteiger partial charge in [0.25, 0.3) is 5.91 Å². The third kappa shape index (κ3) is 5.53. The van der Waals surface area contributed by atoms with E-state index in [2.05, 4.69) is 12.2 Å². The van der Waals surface area contributed by atoms with Crippen LogP contribution >= 0.6 is 0 Å². The van der Waals surface area contributed by atoms with E-state index >= 15 is 0 Å². The van der Waals surface area contributed by atoms with Gasteiger partial charge in [-0.3, -0.25) is 4.79 Å². The van der Waals surface area contributed by atoms with Crippen molar-refractivity contribution in [2.45, 2.75) is 44.9 Å². The molecule has 1 heterocycles. The summed E-state index contributed by atoms with van der Waals surface area (Å²) >= 11 is 0. The Hall–Kier alpha value is -1.44. The summed E-state index contributed by atoms with van der Waals surface area (Å²) in [5.41, 5.74) is 1.84. The monoisotopic (exact) mass is 382 g/mol. The van der Waals surface area contributed by atoms with Gasteiger partial charge in [0.05, 0.1) is 31.1 Å². The number of amides is 1. The van der Waals surface area contributed by atoms with E-state index in [4.69, 9.17) is 0 Å². The molecule has 6 nitrogen and oxygen atoms in total. The van der Waals surface area contributed by atoms with Crippen LogP contribution in [0, 0.1) is 13.8 Å². The first kappa shape index (κ1) is 20.9. The predicted octanol–water partition coefficient (Wildman–Crippen LogP) is 0.499. The smallest absolute Gasteiger partial charge is 0.275 e. The van der Waals surface area contributed by atoms with E-state index in [0.29, 0.717) is 37.6 Å². The summed E-state index contributed by atoms with van der Waals surface area (Å²) in [5.74, 6) is 0.0572. The molecule has 1 saturated heterocycles. The SMILES string of the molecule is CCCCCNC(=O)C[NH+]1CCN(S(=O)(=O)c2ccc(C)cc2C)CC1. The molecule has 1 amide bonds. The fraction of sp³-hybridized carbons (Fsp3) is 0.632. The standard InChI is InChI=1S/C19H31N3O3S/c1-4-5-6-9-20-19(23)15-21-10-12-22(13-11-21)26(24,25)18-8-7-16(2)14-17(18)3/h7-8,14H,4-6,9-13,15H2,1-3H3,(H,20,23)/p+1. The second-order valence-electron chi connectivity index (χ2n) is 7.16. The number of quaternary nitrogens is 1. The van der Waals surface area contributed by atoms with Gasteiger partial charge in [-0.2, -0.15) is 4.31 Å². The van der Waals surface area contributed by atoms with Gasteiger partial charge in [-0.25, -0.2) is 8.42 Å². The number of carbonyl (C=O) groups is 1. The van der Waals surface area contributed by atoms with Crippen molar-refractivity contribution in [3.8, 4) is 0 Å². The lowest BCUT2D eigenvalue weighted by Gasteiger charge is -2.31. The van der Waals surface area contributed by atoms with Gasteiger partial charge < -0.3 is 10.2 Å². The number of sulfonamides is 1. The van der Waals surface area contributed by atoms with Crippen molar-refractivity contribution >= 4 is 15.9 Å². The minimum Gasteiger partial charge on any atom is -0.351 e. The number of hydrogen-bond acceptors (Lipinski definition) is 3. The van der Waals surface area contributed by atoms with Crippen LogP contribution in [-0.4, -0.2) is 57.9 Å². The average Bonchev–Trinajstić information content (AvgIpc) is 2.59. The Balaban J connectivity index is 1.86. The lowest BCUT2D eigenvalue weighted by molar-refractivity contribution is -0.895. The first-order valence-electron chi connectivity index (χ1n) is 9.52. The van der Waals surface area contributed by atoms with Crippen LogP contribution in [0.5, 0.6) is 0 Å². The molecule has 2 N–H and O–H groups in total. The molecule has 1 aliphatic rings. The van der Waals surface area contributed by atoms with Gasteiger partial charge in [-0.15, -0.1) is 0 Å². The highest BCUT2D eigenvalue weighted by Crippen LogP contribution is 2.20. The highest BCUT2D eigenvalue weighted by Gasteiger charge is 2.31. The number of nitrogens with zero attached hydrogens (tertiary/aromatic N) is 1. The maximum Gasteiger partial charge on any atom is 0.275 e. The Bertz CT molecular complexity index is 711. The molecule has 0 spiro atoms. The van der Waals surface area contributed by atoms with Crippen molar-refractivity contribution in [2.24, 2.45) is 0 Å². The molecule has 0 unspecified atom stereocenters. The molecule has 146 valence electrons. The second-order valence-corrected chi connectivity index (χ2v) is 9.06. The largest absolute Gasteiger partial charge is 0.351 e. The summed E-state index contributed by atoms with van der Waals surface area (Å²) < 4.78 is 27.3. The van der Waals surface area contributed by atoms with Gasteiger partial charge in [0.2, 0.25) is 10.0 Å². The van der Waals surface area contributed by atoms with Gasteiger partial charge in [-0.05, 0) is 31.9 Å². The minimum atomic E-state index is -3.46. The molecule has 1 aromatic carbocycles. The van der Waals surface area contributed by atoms with Gasteiger partial charge in [0.15, 0.2) is 6.54 Å². The maximum absolute atomic E-state index is 12.9. The fourth-order valence-corrected chi connectivity index (χ4v) is 4.99. The lowest BCUT2D eigenvalue weighted by atomic mass is 10.2. The van der Waals surface area contributed by atoms with Gasteiger partial charge in [0, 0.05) is 6.54 Å². The number of rotatable bonds is 8. The third-order valence-electron chi connectivity index (χ3n) is 4.89. The van der Waals surface area contributed by atoms with Crippen LogP contribution < -0.4 is 10.2 Å². The van der Waals surface area contributed by atoms with Crippen LogP contribution in [-0.2, 0) is 14.8 Å². The van der Waals surface area contributed by atoms with Crippen LogP contribution in [0.3, 0.4) is 0 Å². The molecular weight excluding hydrogens is 350 g/mol. The van der Waals surface area contributed by atoms with Crippen molar-refractivity contribution in [1.82, 2.24) is 9.62 Å². The highest BCUT2D eigenvalue weighted by molar-refractivity contribution is 7.89. The highest BCUT2D eigenvalue weighted by atomic mass is 32.2. The van der Waals surface area contributed by atoms with Crippen molar-refractivity contribution < 1.29 is 18.1 Å². The van der Waals surface area contributed by atoms with E-state index in [1.54, 1.807) is 10.4 Å². The molecule has 7 heteroatoms. The van der Waals surface area contributed by atoms with Crippen molar-refractivity contribution in [3.05, 3.63) is 29.3 Å². The van der Waals surface area contributed by atoms with E-state index in [9.17, 15) is 13.2 Å². The van der Waals surface area contributed by atoms with E-state index in [1.165, 1.54) is 0 Å². The summed E-state index contributed by atoms with van der Waals surface area (Å²) in [5, 5.41) is 2.95. The Morgan fingerprint density at radius 3 is 2.50 bits per heavy atom. The van der Waals surface area contributed by atoms with Crippen LogP contribution in [0.1, 0.15) is 37.3 Å². The first-order chi connectivity index (χ1) is 12.3. The summed E-state index contributed by atoms with van der Waals surface area (Å²) in [6.07, 6.45) is 3.28. The van der Waals surface area contributed by atoms with E-state index < -0.39 is 10.0 Å². The zero-order valence-corrected chi connectivity index (χ0v) is 17.0. The normalized spacial score (nSPS) is 16.6. The molecule has 0 bridgehead atoms. The molecule has 1 aromatic rings. The number of unbranched alkanes of at least 4 members (excludes halogenated alkanes) is 2. The average molecular weight is 383 g/mol. The van der Waals surface area contributed by atoms with Crippen LogP contribution in [0.4, 0.5) is 0 Å². The summed E-state index contributed by atoms with van der Waals surface area (Å²) in [4.78, 5) is 13.5. The number of benzene rings is 1. The Kier molecular flexibility index (Phi) is 7.61. The molecule has 1 aliphatic heterocycles. The number of piperazine rings is 1. The maximum atomic E-state index is 12.9. The van der Waals surface area contributed by atoms with E-state index in [0.717, 1.165) is 41.8 Å². The third-order valence-corrected chi connectivity index (χ3v) is 6.95. The molecule has 2 rings (SSSR count). The quantitative estimate of drug-likeness (QED) is 0.643. The summed E-state index contributed by atoms with van der Waals surface area (Å²) in [6.45, 7) is 9.30. The van der Waals surface area contributed by atoms with Gasteiger partial charge >= 0.3 is 0 Å². The number of nitrogens with one attached hydrogen (secondary N) is 2. The molecule has 0 aliphatic carbocycles. The van der Waals surface area contributed by atoms with Crippen LogP contribution in [0.2, 0.25) is 0 Å². The molecule has 26 heavy (non-hydrogen) atoms. The zero-order chi connectivity index (χ0) is 19.2. The predicted molar refractivity (Wildman–Crippen MR) is 103 cm³/mol. The Morgan fingerprint density at radius 2 is 1.88 bits per heavy atom. The molecule has 0 saturated carbocycles.